The summed E-state index contributed by atoms with van der Waals surface area (Å²) in [5.74, 6) is -0.959. The second-order valence-electron chi connectivity index (χ2n) is 7.37. The fourth-order valence-corrected chi connectivity index (χ4v) is 4.60. The minimum atomic E-state index is -4.78. The number of non-ortho nitro benzene ring substituents is 1. The number of anilines is 1. The van der Waals surface area contributed by atoms with Gasteiger partial charge in [-0.1, -0.05) is 48.2 Å². The molecule has 9 nitrogen and oxygen atoms in total. The third-order valence-electron chi connectivity index (χ3n) is 5.00. The van der Waals surface area contributed by atoms with E-state index < -0.39 is 38.9 Å². The molecular weight excluding hydrogens is 535 g/mol. The van der Waals surface area contributed by atoms with Crippen LogP contribution in [0.1, 0.15) is 11.1 Å². The third kappa shape index (κ3) is 5.44. The molecule has 0 spiro atoms. The highest BCUT2D eigenvalue weighted by atomic mass is 32.2. The van der Waals surface area contributed by atoms with Crippen molar-refractivity contribution >= 4 is 57.3 Å². The molecule has 0 aromatic heterocycles. The maximum Gasteiger partial charge on any atom is 0.416 e. The van der Waals surface area contributed by atoms with Gasteiger partial charge >= 0.3 is 11.9 Å². The molecule has 0 bridgehead atoms. The minimum absolute atomic E-state index is 0.0333. The lowest BCUT2D eigenvalue weighted by Gasteiger charge is -2.14. The molecule has 3 aromatic carbocycles. The summed E-state index contributed by atoms with van der Waals surface area (Å²) in [5, 5.41) is 22.5. The van der Waals surface area contributed by atoms with Crippen LogP contribution < -0.4 is 9.64 Å². The van der Waals surface area contributed by atoms with Gasteiger partial charge in [0.05, 0.1) is 26.0 Å². The lowest BCUT2D eigenvalue weighted by atomic mass is 10.1. The van der Waals surface area contributed by atoms with Gasteiger partial charge in [0.25, 0.3) is 11.6 Å². The molecule has 1 aliphatic heterocycles. The van der Waals surface area contributed by atoms with Crippen LogP contribution in [0.3, 0.4) is 0 Å². The largest absolute Gasteiger partial charge is 0.449 e. The lowest BCUT2D eigenvalue weighted by Crippen LogP contribution is -2.27. The number of halogens is 3. The van der Waals surface area contributed by atoms with Crippen molar-refractivity contribution in [3.8, 4) is 11.5 Å². The zero-order valence-electron chi connectivity index (χ0n) is 18.2. The zero-order valence-corrected chi connectivity index (χ0v) is 19.8. The Morgan fingerprint density at radius 3 is 2.35 bits per heavy atom. The Hall–Kier alpha value is -4.30. The molecule has 0 atom stereocenters. The molecule has 0 aliphatic carbocycles. The topological polar surface area (TPSA) is 116 Å². The Labute approximate surface area is 215 Å². The van der Waals surface area contributed by atoms with Gasteiger partial charge in [0.1, 0.15) is 5.75 Å². The van der Waals surface area contributed by atoms with Crippen molar-refractivity contribution in [2.24, 2.45) is 0 Å². The number of carbonyl (C=O) groups is 1. The van der Waals surface area contributed by atoms with Gasteiger partial charge in [-0.25, -0.2) is 0 Å². The van der Waals surface area contributed by atoms with Gasteiger partial charge in [0.15, 0.2) is 4.32 Å². The highest BCUT2D eigenvalue weighted by Crippen LogP contribution is 2.41. The van der Waals surface area contributed by atoms with Crippen LogP contribution in [0.4, 0.5) is 30.2 Å². The molecule has 37 heavy (non-hydrogen) atoms. The average molecular weight is 547 g/mol. The van der Waals surface area contributed by atoms with Gasteiger partial charge in [-0.2, -0.15) is 13.2 Å². The molecule has 1 aliphatic rings. The fraction of sp³-hybridized carbons (Fsp3) is 0.0435. The zero-order chi connectivity index (χ0) is 26.9. The van der Waals surface area contributed by atoms with Gasteiger partial charge in [-0.3, -0.25) is 29.9 Å². The van der Waals surface area contributed by atoms with Crippen LogP contribution in [0, 0.1) is 20.2 Å². The molecule has 3 aromatic rings. The Balaban J connectivity index is 1.67. The Morgan fingerprint density at radius 2 is 1.68 bits per heavy atom. The van der Waals surface area contributed by atoms with Crippen molar-refractivity contribution in [2.75, 3.05) is 4.90 Å². The van der Waals surface area contributed by atoms with E-state index >= 15 is 0 Å². The van der Waals surface area contributed by atoms with E-state index in [-0.39, 0.29) is 31.9 Å². The van der Waals surface area contributed by atoms with E-state index in [2.05, 4.69) is 0 Å². The van der Waals surface area contributed by atoms with Crippen LogP contribution in [0.25, 0.3) is 6.08 Å². The van der Waals surface area contributed by atoms with Crippen molar-refractivity contribution in [3.05, 3.63) is 103 Å². The fourth-order valence-electron chi connectivity index (χ4n) is 3.31. The van der Waals surface area contributed by atoms with E-state index in [9.17, 15) is 38.2 Å². The van der Waals surface area contributed by atoms with Crippen LogP contribution in [-0.4, -0.2) is 20.1 Å². The first-order valence-corrected chi connectivity index (χ1v) is 11.3. The van der Waals surface area contributed by atoms with E-state index in [1.165, 1.54) is 48.5 Å². The van der Waals surface area contributed by atoms with Gasteiger partial charge in [-0.05, 0) is 30.3 Å². The first-order chi connectivity index (χ1) is 17.5. The number of ether oxygens (including phenoxy) is 1. The Bertz CT molecular complexity index is 1490. The van der Waals surface area contributed by atoms with Crippen LogP contribution >= 0.6 is 24.0 Å². The number of hydrogen-bond donors (Lipinski definition) is 0. The van der Waals surface area contributed by atoms with E-state index in [0.29, 0.717) is 12.1 Å². The van der Waals surface area contributed by atoms with Crippen molar-refractivity contribution in [1.29, 1.82) is 0 Å². The monoisotopic (exact) mass is 547 g/mol. The summed E-state index contributed by atoms with van der Waals surface area (Å²) >= 11 is 6.21. The summed E-state index contributed by atoms with van der Waals surface area (Å²) in [6.45, 7) is 0. The number of rotatable bonds is 6. The number of para-hydroxylation sites is 1. The number of thiocarbonyl (C=S) groups is 1. The molecule has 1 saturated heterocycles. The number of nitrogens with zero attached hydrogens (tertiary/aromatic N) is 3. The number of nitro groups is 2. The highest BCUT2D eigenvalue weighted by molar-refractivity contribution is 8.27. The van der Waals surface area contributed by atoms with Crippen LogP contribution in [0.5, 0.6) is 11.5 Å². The number of amides is 1. The summed E-state index contributed by atoms with van der Waals surface area (Å²) in [5.41, 5.74) is -1.83. The quantitative estimate of drug-likeness (QED) is 0.145. The van der Waals surface area contributed by atoms with Crippen LogP contribution in [0.15, 0.2) is 71.6 Å². The van der Waals surface area contributed by atoms with Crippen LogP contribution in [0.2, 0.25) is 0 Å². The SMILES string of the molecule is O=C1/C(=C/c2ccccc2Oc2ccc(C(F)(F)F)cc2[N+](=O)[O-])SC(=S)N1c1cccc([N+](=O)[O-])c1. The summed E-state index contributed by atoms with van der Waals surface area (Å²) in [6.07, 6.45) is -3.38. The second kappa shape index (κ2) is 9.99. The summed E-state index contributed by atoms with van der Waals surface area (Å²) < 4.78 is 44.8. The molecule has 0 N–H and O–H groups in total. The molecular formula is C23H12F3N3O6S2. The van der Waals surface area contributed by atoms with Crippen molar-refractivity contribution in [2.45, 2.75) is 6.18 Å². The molecule has 0 unspecified atom stereocenters. The maximum atomic E-state index is 13.1. The number of alkyl halides is 3. The Kier molecular flexibility index (Phi) is 6.96. The number of thioether (sulfide) groups is 1. The van der Waals surface area contributed by atoms with Gasteiger partial charge in [0.2, 0.25) is 5.75 Å². The second-order valence-corrected chi connectivity index (χ2v) is 9.05. The van der Waals surface area contributed by atoms with E-state index in [1.54, 1.807) is 6.07 Å². The van der Waals surface area contributed by atoms with Gasteiger partial charge < -0.3 is 4.74 Å². The summed E-state index contributed by atoms with van der Waals surface area (Å²) in [7, 11) is 0. The predicted molar refractivity (Wildman–Crippen MR) is 133 cm³/mol. The normalized spacial score (nSPS) is 14.8. The van der Waals surface area contributed by atoms with Crippen molar-refractivity contribution in [1.82, 2.24) is 0 Å². The van der Waals surface area contributed by atoms with Gasteiger partial charge in [-0.15, -0.1) is 0 Å². The molecule has 4 rings (SSSR count). The number of benzene rings is 3. The third-order valence-corrected chi connectivity index (χ3v) is 6.30. The number of carbonyl (C=O) groups excluding carboxylic acids is 1. The first-order valence-electron chi connectivity index (χ1n) is 10.1. The predicted octanol–water partition coefficient (Wildman–Crippen LogP) is 6.72. The standard InChI is InChI=1S/C23H12F3N3O6S2/c24-23(25,26)14-8-9-19(17(11-14)29(33)34)35-18-7-2-1-4-13(18)10-20-21(30)27(22(36)37-20)15-5-3-6-16(12-15)28(31)32/h1-12H/b20-10-. The van der Waals surface area contributed by atoms with E-state index in [0.717, 1.165) is 22.7 Å². The highest BCUT2D eigenvalue weighted by Gasteiger charge is 2.35. The molecule has 1 fully saturated rings. The average Bonchev–Trinajstić information content (AvgIpc) is 3.12. The van der Waals surface area contributed by atoms with E-state index in [1.807, 2.05) is 0 Å². The maximum absolute atomic E-state index is 13.1. The number of nitro benzene ring substituents is 2. The molecule has 188 valence electrons. The lowest BCUT2D eigenvalue weighted by molar-refractivity contribution is -0.385. The van der Waals surface area contributed by atoms with Gasteiger partial charge in [0, 0.05) is 23.8 Å². The molecule has 0 saturated carbocycles. The summed E-state index contributed by atoms with van der Waals surface area (Å²) in [6, 6.07) is 13.4. The smallest absolute Gasteiger partial charge is 0.416 e. The van der Waals surface area contributed by atoms with Crippen LogP contribution in [-0.2, 0) is 11.0 Å². The minimum Gasteiger partial charge on any atom is -0.449 e. The van der Waals surface area contributed by atoms with E-state index in [4.69, 9.17) is 17.0 Å². The van der Waals surface area contributed by atoms with Crippen molar-refractivity contribution < 1.29 is 32.5 Å². The summed E-state index contributed by atoms with van der Waals surface area (Å²) in [4.78, 5) is 35.3. The first kappa shape index (κ1) is 25.8. The molecule has 1 heterocycles. The molecule has 1 amide bonds. The molecule has 14 heteroatoms. The molecule has 0 radical (unpaired) electrons. The Morgan fingerprint density at radius 1 is 0.946 bits per heavy atom. The van der Waals surface area contributed by atoms with Crippen molar-refractivity contribution in [3.63, 3.8) is 0 Å². The number of hydrogen-bond acceptors (Lipinski definition) is 8.